The summed E-state index contributed by atoms with van der Waals surface area (Å²) < 4.78 is 0. The SMILES string of the molecule is CC(Sc1cccc(NC(=O)/C(=C\c2ccc(Cl)cc2Cl)NC(=O)c2ccccc2)c1)C(=O)Nc1cccc(Cl)c1Cl. The lowest BCUT2D eigenvalue weighted by Gasteiger charge is -2.15. The van der Waals surface area contributed by atoms with Crippen molar-refractivity contribution in [3.8, 4) is 0 Å². The summed E-state index contributed by atoms with van der Waals surface area (Å²) in [7, 11) is 0. The molecule has 42 heavy (non-hydrogen) atoms. The number of rotatable bonds is 9. The maximum Gasteiger partial charge on any atom is 0.272 e. The molecule has 0 spiro atoms. The first-order chi connectivity index (χ1) is 20.1. The molecular weight excluding hydrogens is 636 g/mol. The molecule has 0 radical (unpaired) electrons. The molecule has 0 heterocycles. The van der Waals surface area contributed by atoms with Crippen LogP contribution in [0, 0.1) is 0 Å². The molecule has 6 nitrogen and oxygen atoms in total. The minimum Gasteiger partial charge on any atom is -0.324 e. The lowest BCUT2D eigenvalue weighted by Crippen LogP contribution is -2.30. The molecule has 3 N–H and O–H groups in total. The number of nitrogens with one attached hydrogen (secondary N) is 3. The zero-order valence-electron chi connectivity index (χ0n) is 22.0. The van der Waals surface area contributed by atoms with Gasteiger partial charge in [0.05, 0.1) is 21.0 Å². The van der Waals surface area contributed by atoms with E-state index in [1.165, 1.54) is 17.8 Å². The smallest absolute Gasteiger partial charge is 0.272 e. The van der Waals surface area contributed by atoms with Crippen molar-refractivity contribution in [2.45, 2.75) is 17.1 Å². The number of anilines is 2. The van der Waals surface area contributed by atoms with Crippen molar-refractivity contribution < 1.29 is 14.4 Å². The van der Waals surface area contributed by atoms with Crippen molar-refractivity contribution in [3.63, 3.8) is 0 Å². The Morgan fingerprint density at radius 2 is 1.52 bits per heavy atom. The van der Waals surface area contributed by atoms with Gasteiger partial charge in [-0.25, -0.2) is 0 Å². The number of halogens is 4. The summed E-state index contributed by atoms with van der Waals surface area (Å²) in [6.07, 6.45) is 1.47. The van der Waals surface area contributed by atoms with Crippen molar-refractivity contribution >= 4 is 93.3 Å². The van der Waals surface area contributed by atoms with Crippen LogP contribution in [0.3, 0.4) is 0 Å². The van der Waals surface area contributed by atoms with Crippen LogP contribution in [0.1, 0.15) is 22.8 Å². The molecule has 0 aliphatic heterocycles. The minimum absolute atomic E-state index is 0.0303. The molecule has 4 aromatic rings. The Morgan fingerprint density at radius 1 is 0.786 bits per heavy atom. The predicted molar refractivity (Wildman–Crippen MR) is 174 cm³/mol. The third-order valence-corrected chi connectivity index (χ3v) is 8.25. The van der Waals surface area contributed by atoms with E-state index in [1.54, 1.807) is 91.9 Å². The Kier molecular flexibility index (Phi) is 11.0. The van der Waals surface area contributed by atoms with Gasteiger partial charge in [0.1, 0.15) is 5.70 Å². The van der Waals surface area contributed by atoms with Crippen molar-refractivity contribution in [1.29, 1.82) is 0 Å². The molecular formula is C31H23Cl4N3O3S. The average molecular weight is 659 g/mol. The average Bonchev–Trinajstić information content (AvgIpc) is 2.97. The standard InChI is InChI=1S/C31H23Cl4N3O3S/c1-18(29(39)37-26-12-6-11-24(33)28(26)35)42-23-10-5-9-22(17-23)36-31(41)27(15-20-13-14-21(32)16-25(20)34)38-30(40)19-7-3-2-4-8-19/h2-18H,1H3,(H,36,41)(H,37,39)(H,38,40)/b27-15+. The number of hydrogen-bond acceptors (Lipinski definition) is 4. The first-order valence-corrected chi connectivity index (χ1v) is 14.9. The maximum atomic E-state index is 13.4. The van der Waals surface area contributed by atoms with Gasteiger partial charge >= 0.3 is 0 Å². The molecule has 0 aromatic heterocycles. The summed E-state index contributed by atoms with van der Waals surface area (Å²) in [5, 5.41) is 9.11. The van der Waals surface area contributed by atoms with Crippen molar-refractivity contribution in [1.82, 2.24) is 5.32 Å². The first-order valence-electron chi connectivity index (χ1n) is 12.5. The second-order valence-electron chi connectivity index (χ2n) is 8.88. The normalized spacial score (nSPS) is 11.9. The van der Waals surface area contributed by atoms with Crippen LogP contribution in [-0.4, -0.2) is 23.0 Å². The van der Waals surface area contributed by atoms with E-state index in [9.17, 15) is 14.4 Å². The van der Waals surface area contributed by atoms with Crippen LogP contribution in [0.15, 0.2) is 102 Å². The van der Waals surface area contributed by atoms with Crippen molar-refractivity contribution in [2.24, 2.45) is 0 Å². The number of carbonyl (C=O) groups excluding carboxylic acids is 3. The number of benzene rings is 4. The summed E-state index contributed by atoms with van der Waals surface area (Å²) in [4.78, 5) is 39.9. The van der Waals surface area contributed by atoms with E-state index in [4.69, 9.17) is 46.4 Å². The summed E-state index contributed by atoms with van der Waals surface area (Å²) in [5.74, 6) is -1.31. The lowest BCUT2D eigenvalue weighted by atomic mass is 10.1. The van der Waals surface area contributed by atoms with Crippen LogP contribution in [0.2, 0.25) is 20.1 Å². The van der Waals surface area contributed by atoms with Gasteiger partial charge in [-0.3, -0.25) is 14.4 Å². The van der Waals surface area contributed by atoms with Crippen LogP contribution in [0.4, 0.5) is 11.4 Å². The minimum atomic E-state index is -0.575. The van der Waals surface area contributed by atoms with Crippen LogP contribution in [0.5, 0.6) is 0 Å². The molecule has 0 bridgehead atoms. The van der Waals surface area contributed by atoms with E-state index in [2.05, 4.69) is 16.0 Å². The maximum absolute atomic E-state index is 13.4. The quantitative estimate of drug-likeness (QED) is 0.124. The van der Waals surface area contributed by atoms with Crippen molar-refractivity contribution in [3.05, 3.63) is 128 Å². The van der Waals surface area contributed by atoms with Crippen LogP contribution in [0.25, 0.3) is 6.08 Å². The third kappa shape index (κ3) is 8.53. The fourth-order valence-corrected chi connectivity index (χ4v) is 5.39. The highest BCUT2D eigenvalue weighted by molar-refractivity contribution is 8.00. The van der Waals surface area contributed by atoms with Crippen molar-refractivity contribution in [2.75, 3.05) is 10.6 Å². The highest BCUT2D eigenvalue weighted by Crippen LogP contribution is 2.31. The molecule has 0 saturated heterocycles. The Balaban J connectivity index is 1.50. The van der Waals surface area contributed by atoms with Gasteiger partial charge in [-0.1, -0.05) is 82.8 Å². The van der Waals surface area contributed by atoms with E-state index in [0.29, 0.717) is 37.6 Å². The Hall–Kier alpha value is -3.46. The van der Waals surface area contributed by atoms with Gasteiger partial charge < -0.3 is 16.0 Å². The monoisotopic (exact) mass is 657 g/mol. The molecule has 11 heteroatoms. The van der Waals surface area contributed by atoms with Gasteiger partial charge in [0.15, 0.2) is 0 Å². The fraction of sp³-hybridized carbons (Fsp3) is 0.0645. The number of carbonyl (C=O) groups is 3. The number of thioether (sulfide) groups is 1. The van der Waals surface area contributed by atoms with E-state index in [-0.39, 0.29) is 16.6 Å². The Labute approximate surface area is 267 Å². The second kappa shape index (κ2) is 14.6. The molecule has 0 saturated carbocycles. The number of amides is 3. The van der Waals surface area contributed by atoms with E-state index < -0.39 is 17.1 Å². The van der Waals surface area contributed by atoms with Crippen LogP contribution < -0.4 is 16.0 Å². The molecule has 0 aliphatic carbocycles. The second-order valence-corrected chi connectivity index (χ2v) is 11.9. The lowest BCUT2D eigenvalue weighted by molar-refractivity contribution is -0.115. The van der Waals surface area contributed by atoms with Gasteiger partial charge in [-0.05, 0) is 73.2 Å². The van der Waals surface area contributed by atoms with Gasteiger partial charge in [0.25, 0.3) is 11.8 Å². The molecule has 4 aromatic carbocycles. The van der Waals surface area contributed by atoms with E-state index in [0.717, 1.165) is 4.90 Å². The third-order valence-electron chi connectivity index (χ3n) is 5.77. The Morgan fingerprint density at radius 3 is 2.26 bits per heavy atom. The molecule has 0 aliphatic rings. The topological polar surface area (TPSA) is 87.3 Å². The zero-order valence-corrected chi connectivity index (χ0v) is 25.8. The van der Waals surface area contributed by atoms with Crippen LogP contribution in [-0.2, 0) is 9.59 Å². The molecule has 0 fully saturated rings. The molecule has 3 amide bonds. The van der Waals surface area contributed by atoms with Gasteiger partial charge in [-0.15, -0.1) is 11.8 Å². The van der Waals surface area contributed by atoms with E-state index >= 15 is 0 Å². The summed E-state index contributed by atoms with van der Waals surface area (Å²) in [6, 6.07) is 25.3. The van der Waals surface area contributed by atoms with Gasteiger partial charge in [0, 0.05) is 26.2 Å². The molecule has 1 atom stereocenters. The largest absolute Gasteiger partial charge is 0.324 e. The molecule has 1 unspecified atom stereocenters. The highest BCUT2D eigenvalue weighted by atomic mass is 35.5. The summed E-state index contributed by atoms with van der Waals surface area (Å²) in [5.41, 5.74) is 1.71. The molecule has 4 rings (SSSR count). The predicted octanol–water partition coefficient (Wildman–Crippen LogP) is 8.83. The summed E-state index contributed by atoms with van der Waals surface area (Å²) >= 11 is 25.9. The number of hydrogen-bond donors (Lipinski definition) is 3. The molecule has 214 valence electrons. The Bertz CT molecular complexity index is 1660. The van der Waals surface area contributed by atoms with Gasteiger partial charge in [-0.2, -0.15) is 0 Å². The zero-order chi connectivity index (χ0) is 30.2. The highest BCUT2D eigenvalue weighted by Gasteiger charge is 2.19. The summed E-state index contributed by atoms with van der Waals surface area (Å²) in [6.45, 7) is 1.75. The van der Waals surface area contributed by atoms with Crippen LogP contribution >= 0.6 is 58.2 Å². The van der Waals surface area contributed by atoms with Gasteiger partial charge in [0.2, 0.25) is 5.91 Å². The first kappa shape index (κ1) is 31.5. The van der Waals surface area contributed by atoms with E-state index in [1.807, 2.05) is 6.07 Å². The fourth-order valence-electron chi connectivity index (χ4n) is 3.65.